The average molecular weight is 286 g/mol. The summed E-state index contributed by atoms with van der Waals surface area (Å²) in [5.74, 6) is -1.35. The molecule has 20 heavy (non-hydrogen) atoms. The van der Waals surface area contributed by atoms with Crippen LogP contribution in [0, 0.1) is 5.92 Å². The van der Waals surface area contributed by atoms with Gasteiger partial charge in [0.1, 0.15) is 6.04 Å². The number of nitrogens with one attached hydrogen (secondary N) is 2. The van der Waals surface area contributed by atoms with Gasteiger partial charge < -0.3 is 26.6 Å². The Morgan fingerprint density at radius 2 is 2.15 bits per heavy atom. The summed E-state index contributed by atoms with van der Waals surface area (Å²) in [6.07, 6.45) is 3.79. The van der Waals surface area contributed by atoms with Crippen molar-refractivity contribution in [2.24, 2.45) is 11.7 Å². The van der Waals surface area contributed by atoms with Gasteiger partial charge in [-0.3, -0.25) is 4.79 Å². The lowest BCUT2D eigenvalue weighted by Crippen LogP contribution is -2.49. The van der Waals surface area contributed by atoms with Crippen molar-refractivity contribution in [1.82, 2.24) is 15.3 Å². The molecule has 0 spiro atoms. The molecule has 0 saturated carbocycles. The third-order valence-electron chi connectivity index (χ3n) is 2.64. The normalized spacial score (nSPS) is 13.4. The maximum Gasteiger partial charge on any atom is 0.326 e. The van der Waals surface area contributed by atoms with Crippen LogP contribution in [-0.4, -0.2) is 44.5 Å². The van der Waals surface area contributed by atoms with E-state index in [9.17, 15) is 9.59 Å². The maximum atomic E-state index is 11.8. The summed E-state index contributed by atoms with van der Waals surface area (Å²) < 4.78 is 0. The summed E-state index contributed by atoms with van der Waals surface area (Å²) in [5.41, 5.74) is 6.39. The fourth-order valence-corrected chi connectivity index (χ4v) is 1.69. The molecule has 0 aromatic carbocycles. The Bertz CT molecular complexity index is 419. The number of carboxylic acid groups (broad SMARTS) is 1. The molecular formula is C12H22N4O4. The molecule has 8 heteroatoms. The topological polar surface area (TPSA) is 153 Å². The van der Waals surface area contributed by atoms with Crippen molar-refractivity contribution in [3.8, 4) is 0 Å². The lowest BCUT2D eigenvalue weighted by Gasteiger charge is -2.18. The summed E-state index contributed by atoms with van der Waals surface area (Å²) in [6, 6.07) is -1.71. The number of carbonyl (C=O) groups is 2. The Labute approximate surface area is 117 Å². The number of carboxylic acids is 1. The summed E-state index contributed by atoms with van der Waals surface area (Å²) >= 11 is 0. The number of aromatic amines is 1. The molecule has 8 nitrogen and oxygen atoms in total. The first-order valence-corrected chi connectivity index (χ1v) is 6.16. The largest absolute Gasteiger partial charge is 0.480 e. The molecule has 0 bridgehead atoms. The van der Waals surface area contributed by atoms with Crippen molar-refractivity contribution in [3.63, 3.8) is 0 Å². The van der Waals surface area contributed by atoms with Crippen molar-refractivity contribution in [2.45, 2.75) is 38.8 Å². The highest BCUT2D eigenvalue weighted by atomic mass is 16.4. The van der Waals surface area contributed by atoms with Crippen LogP contribution >= 0.6 is 0 Å². The number of amides is 1. The lowest BCUT2D eigenvalue weighted by molar-refractivity contribution is -0.142. The van der Waals surface area contributed by atoms with Crippen LogP contribution in [0.5, 0.6) is 0 Å². The van der Waals surface area contributed by atoms with Crippen molar-refractivity contribution >= 4 is 11.9 Å². The van der Waals surface area contributed by atoms with E-state index in [0.29, 0.717) is 12.1 Å². The van der Waals surface area contributed by atoms with Crippen LogP contribution in [0.4, 0.5) is 0 Å². The fraction of sp³-hybridized carbons (Fsp3) is 0.583. The van der Waals surface area contributed by atoms with Crippen molar-refractivity contribution in [1.29, 1.82) is 0 Å². The number of rotatable bonds is 7. The van der Waals surface area contributed by atoms with E-state index in [1.54, 1.807) is 6.20 Å². The van der Waals surface area contributed by atoms with Gasteiger partial charge in [-0.25, -0.2) is 9.78 Å². The van der Waals surface area contributed by atoms with Gasteiger partial charge in [0, 0.05) is 12.6 Å². The summed E-state index contributed by atoms with van der Waals surface area (Å²) in [7, 11) is 0. The number of nitrogens with zero attached hydrogens (tertiary/aromatic N) is 1. The third kappa shape index (κ3) is 5.81. The summed E-state index contributed by atoms with van der Waals surface area (Å²) in [5, 5.41) is 11.5. The zero-order chi connectivity index (χ0) is 14.4. The Balaban J connectivity index is 0.00000361. The van der Waals surface area contributed by atoms with Gasteiger partial charge in [0.25, 0.3) is 0 Å². The predicted molar refractivity (Wildman–Crippen MR) is 72.9 cm³/mol. The lowest BCUT2D eigenvalue weighted by atomic mass is 10.0. The number of aromatic nitrogens is 2. The van der Waals surface area contributed by atoms with E-state index in [1.807, 2.05) is 13.8 Å². The molecule has 0 aliphatic rings. The Morgan fingerprint density at radius 3 is 2.60 bits per heavy atom. The summed E-state index contributed by atoms with van der Waals surface area (Å²) in [6.45, 7) is 3.79. The first-order valence-electron chi connectivity index (χ1n) is 6.16. The van der Waals surface area contributed by atoms with Crippen molar-refractivity contribution in [2.75, 3.05) is 0 Å². The molecule has 0 aliphatic heterocycles. The van der Waals surface area contributed by atoms with Gasteiger partial charge in [0.05, 0.1) is 18.1 Å². The molecule has 2 atom stereocenters. The number of carbonyl (C=O) groups excluding carboxylic acids is 1. The molecule has 7 N–H and O–H groups in total. The van der Waals surface area contributed by atoms with E-state index in [0.717, 1.165) is 0 Å². The molecule has 1 heterocycles. The molecule has 1 amide bonds. The quantitative estimate of drug-likeness (QED) is 0.510. The number of aliphatic carboxylic acids is 1. The van der Waals surface area contributed by atoms with Gasteiger partial charge >= 0.3 is 5.97 Å². The predicted octanol–water partition coefficient (Wildman–Crippen LogP) is -0.930. The molecule has 0 saturated heterocycles. The van der Waals surface area contributed by atoms with Crippen LogP contribution in [0.25, 0.3) is 0 Å². The van der Waals surface area contributed by atoms with E-state index in [2.05, 4.69) is 15.3 Å². The zero-order valence-electron chi connectivity index (χ0n) is 11.6. The minimum absolute atomic E-state index is 0. The first-order chi connectivity index (χ1) is 8.90. The number of hydrogen-bond donors (Lipinski definition) is 4. The SMILES string of the molecule is CC(C)C[C@H](NC(=O)[C@@H](N)Cc1c[nH]cn1)C(=O)O.O. The molecule has 0 fully saturated rings. The van der Waals surface area contributed by atoms with Gasteiger partial charge in [0.15, 0.2) is 0 Å². The summed E-state index contributed by atoms with van der Waals surface area (Å²) in [4.78, 5) is 29.6. The van der Waals surface area contributed by atoms with Gasteiger partial charge in [-0.05, 0) is 12.3 Å². The number of H-pyrrole nitrogens is 1. The molecule has 0 radical (unpaired) electrons. The Hall–Kier alpha value is -1.93. The zero-order valence-corrected chi connectivity index (χ0v) is 11.6. The third-order valence-corrected chi connectivity index (χ3v) is 2.64. The highest BCUT2D eigenvalue weighted by Crippen LogP contribution is 2.05. The monoisotopic (exact) mass is 286 g/mol. The van der Waals surface area contributed by atoms with E-state index in [1.165, 1.54) is 6.33 Å². The maximum absolute atomic E-state index is 11.8. The molecule has 0 unspecified atom stereocenters. The van der Waals surface area contributed by atoms with E-state index in [4.69, 9.17) is 10.8 Å². The van der Waals surface area contributed by atoms with Gasteiger partial charge in [-0.2, -0.15) is 0 Å². The van der Waals surface area contributed by atoms with Crippen LogP contribution in [-0.2, 0) is 16.0 Å². The standard InChI is InChI=1S/C12H20N4O3.H2O/c1-7(2)3-10(12(18)19)16-11(17)9(13)4-8-5-14-6-15-8;/h5-7,9-10H,3-4,13H2,1-2H3,(H,14,15)(H,16,17)(H,18,19);1H2/t9-,10-;/m0./s1. The molecule has 1 aromatic rings. The average Bonchev–Trinajstić information content (AvgIpc) is 2.79. The number of nitrogens with two attached hydrogens (primary N) is 1. The van der Waals surface area contributed by atoms with Crippen LogP contribution in [0.1, 0.15) is 26.0 Å². The molecular weight excluding hydrogens is 264 g/mol. The minimum atomic E-state index is -1.05. The number of hydrogen-bond acceptors (Lipinski definition) is 4. The van der Waals surface area contributed by atoms with Crippen LogP contribution in [0.3, 0.4) is 0 Å². The molecule has 1 aromatic heterocycles. The van der Waals surface area contributed by atoms with Crippen LogP contribution in [0.15, 0.2) is 12.5 Å². The highest BCUT2D eigenvalue weighted by molar-refractivity contribution is 5.86. The molecule has 114 valence electrons. The van der Waals surface area contributed by atoms with Crippen LogP contribution in [0.2, 0.25) is 0 Å². The van der Waals surface area contributed by atoms with Crippen molar-refractivity contribution in [3.05, 3.63) is 18.2 Å². The minimum Gasteiger partial charge on any atom is -0.480 e. The van der Waals surface area contributed by atoms with E-state index >= 15 is 0 Å². The highest BCUT2D eigenvalue weighted by Gasteiger charge is 2.24. The van der Waals surface area contributed by atoms with Gasteiger partial charge in [-0.1, -0.05) is 13.8 Å². The van der Waals surface area contributed by atoms with E-state index < -0.39 is 24.0 Å². The van der Waals surface area contributed by atoms with E-state index in [-0.39, 0.29) is 17.8 Å². The van der Waals surface area contributed by atoms with Gasteiger partial charge in [0.2, 0.25) is 5.91 Å². The second kappa shape index (κ2) is 8.28. The first kappa shape index (κ1) is 18.1. The van der Waals surface area contributed by atoms with Crippen molar-refractivity contribution < 1.29 is 20.2 Å². The molecule has 1 rings (SSSR count). The second-order valence-electron chi connectivity index (χ2n) is 4.90. The van der Waals surface area contributed by atoms with Crippen LogP contribution < -0.4 is 11.1 Å². The Kier molecular flexibility index (Phi) is 7.48. The Morgan fingerprint density at radius 1 is 1.50 bits per heavy atom. The number of imidazole rings is 1. The second-order valence-corrected chi connectivity index (χ2v) is 4.90. The molecule has 0 aliphatic carbocycles. The van der Waals surface area contributed by atoms with Gasteiger partial charge in [-0.15, -0.1) is 0 Å². The smallest absolute Gasteiger partial charge is 0.326 e. The fourth-order valence-electron chi connectivity index (χ4n) is 1.69.